The minimum Gasteiger partial charge on any atom is -0.378 e. The first-order valence-corrected chi connectivity index (χ1v) is 12.6. The van der Waals surface area contributed by atoms with Gasteiger partial charge in [-0.2, -0.15) is 18.3 Å². The highest BCUT2D eigenvalue weighted by atomic mass is 19.4. The molecule has 3 aromatic rings. The molecule has 1 aliphatic carbocycles. The number of ether oxygens (including phenoxy) is 1. The number of alkyl halides is 3. The summed E-state index contributed by atoms with van der Waals surface area (Å²) in [6.45, 7) is 0.344. The number of carbonyl (C=O) groups is 2. The van der Waals surface area contributed by atoms with Crippen LogP contribution in [0.15, 0.2) is 48.7 Å². The first kappa shape index (κ1) is 27.4. The summed E-state index contributed by atoms with van der Waals surface area (Å²) in [5.41, 5.74) is 7.26. The van der Waals surface area contributed by atoms with Crippen molar-refractivity contribution < 1.29 is 27.5 Å². The SMILES string of the molecule is COCc1nn(Cc2ccc(C3CCCCC3)c(C(F)(F)F)c2)cc1C(=O)NCc1ccc(C(N)=O)cc1. The predicted molar refractivity (Wildman–Crippen MR) is 135 cm³/mol. The Morgan fingerprint density at radius 2 is 1.76 bits per heavy atom. The number of hydrogen-bond donors (Lipinski definition) is 2. The second-order valence-corrected chi connectivity index (χ2v) is 9.62. The van der Waals surface area contributed by atoms with Crippen molar-refractivity contribution in [3.63, 3.8) is 0 Å². The third kappa shape index (κ3) is 6.61. The predicted octanol–water partition coefficient (Wildman–Crippen LogP) is 5.17. The zero-order valence-corrected chi connectivity index (χ0v) is 21.2. The van der Waals surface area contributed by atoms with Crippen molar-refractivity contribution in [2.24, 2.45) is 5.73 Å². The van der Waals surface area contributed by atoms with E-state index in [0.29, 0.717) is 22.4 Å². The molecule has 2 aromatic carbocycles. The minimum atomic E-state index is -4.45. The lowest BCUT2D eigenvalue weighted by Crippen LogP contribution is -2.23. The third-order valence-corrected chi connectivity index (χ3v) is 6.87. The van der Waals surface area contributed by atoms with Gasteiger partial charge in [-0.15, -0.1) is 0 Å². The molecule has 0 radical (unpaired) electrons. The van der Waals surface area contributed by atoms with Gasteiger partial charge in [0.05, 0.1) is 24.3 Å². The summed E-state index contributed by atoms with van der Waals surface area (Å²) in [7, 11) is 1.47. The van der Waals surface area contributed by atoms with E-state index in [9.17, 15) is 22.8 Å². The summed E-state index contributed by atoms with van der Waals surface area (Å²) < 4.78 is 48.5. The number of halogens is 3. The van der Waals surface area contributed by atoms with Gasteiger partial charge >= 0.3 is 6.18 Å². The third-order valence-electron chi connectivity index (χ3n) is 6.87. The van der Waals surface area contributed by atoms with Crippen LogP contribution in [-0.2, 0) is 30.6 Å². The van der Waals surface area contributed by atoms with Crippen molar-refractivity contribution in [1.82, 2.24) is 15.1 Å². The summed E-state index contributed by atoms with van der Waals surface area (Å²) in [5, 5.41) is 7.20. The van der Waals surface area contributed by atoms with Gasteiger partial charge < -0.3 is 15.8 Å². The van der Waals surface area contributed by atoms with Crippen LogP contribution in [-0.4, -0.2) is 28.7 Å². The van der Waals surface area contributed by atoms with Crippen molar-refractivity contribution in [1.29, 1.82) is 0 Å². The van der Waals surface area contributed by atoms with Crippen molar-refractivity contribution in [2.75, 3.05) is 7.11 Å². The zero-order valence-electron chi connectivity index (χ0n) is 21.2. The molecule has 0 spiro atoms. The largest absolute Gasteiger partial charge is 0.416 e. The van der Waals surface area contributed by atoms with Gasteiger partial charge in [-0.1, -0.05) is 43.5 Å². The van der Waals surface area contributed by atoms with Gasteiger partial charge in [0.25, 0.3) is 5.91 Å². The molecule has 1 heterocycles. The van der Waals surface area contributed by atoms with E-state index in [-0.39, 0.29) is 31.2 Å². The van der Waals surface area contributed by atoms with Gasteiger partial charge in [-0.05, 0) is 53.6 Å². The van der Waals surface area contributed by atoms with Crippen molar-refractivity contribution in [3.8, 4) is 0 Å². The summed E-state index contributed by atoms with van der Waals surface area (Å²) in [6.07, 6.45) is 1.57. The normalized spacial score (nSPS) is 14.4. The highest BCUT2D eigenvalue weighted by Gasteiger charge is 2.35. The van der Waals surface area contributed by atoms with Crippen molar-refractivity contribution >= 4 is 11.8 Å². The topological polar surface area (TPSA) is 99.2 Å². The van der Waals surface area contributed by atoms with E-state index in [4.69, 9.17) is 10.5 Å². The smallest absolute Gasteiger partial charge is 0.378 e. The molecule has 7 nitrogen and oxygen atoms in total. The Kier molecular flexibility index (Phi) is 8.51. The molecule has 0 unspecified atom stereocenters. The van der Waals surface area contributed by atoms with E-state index in [0.717, 1.165) is 37.7 Å². The van der Waals surface area contributed by atoms with Crippen LogP contribution in [0.4, 0.5) is 13.2 Å². The number of nitrogens with one attached hydrogen (secondary N) is 1. The lowest BCUT2D eigenvalue weighted by atomic mass is 9.81. The first-order chi connectivity index (χ1) is 18.2. The Morgan fingerprint density at radius 3 is 2.39 bits per heavy atom. The Balaban J connectivity index is 1.51. The van der Waals surface area contributed by atoms with Crippen molar-refractivity contribution in [2.45, 2.75) is 63.9 Å². The summed E-state index contributed by atoms with van der Waals surface area (Å²) in [6, 6.07) is 11.1. The van der Waals surface area contributed by atoms with E-state index < -0.39 is 23.6 Å². The molecule has 4 rings (SSSR count). The Labute approximate surface area is 219 Å². The lowest BCUT2D eigenvalue weighted by Gasteiger charge is -2.25. The fourth-order valence-corrected chi connectivity index (χ4v) is 4.94. The number of nitrogens with zero attached hydrogens (tertiary/aromatic N) is 2. The quantitative estimate of drug-likeness (QED) is 0.400. The van der Waals surface area contributed by atoms with Gasteiger partial charge in [0, 0.05) is 25.4 Å². The van der Waals surface area contributed by atoms with Gasteiger partial charge in [0.1, 0.15) is 5.69 Å². The van der Waals surface area contributed by atoms with Crippen LogP contribution >= 0.6 is 0 Å². The number of hydrogen-bond acceptors (Lipinski definition) is 4. The first-order valence-electron chi connectivity index (χ1n) is 12.6. The molecule has 38 heavy (non-hydrogen) atoms. The minimum absolute atomic E-state index is 0.0669. The molecule has 1 fully saturated rings. The molecule has 0 aliphatic heterocycles. The van der Waals surface area contributed by atoms with Crippen LogP contribution in [0, 0.1) is 0 Å². The van der Waals surface area contributed by atoms with Crippen molar-refractivity contribution in [3.05, 3.63) is 87.7 Å². The van der Waals surface area contributed by atoms with E-state index in [1.165, 1.54) is 24.1 Å². The molecule has 3 N–H and O–H groups in total. The number of nitrogens with two attached hydrogens (primary N) is 1. The number of aromatic nitrogens is 2. The summed E-state index contributed by atoms with van der Waals surface area (Å²) in [4.78, 5) is 24.1. The van der Waals surface area contributed by atoms with Gasteiger partial charge in [-0.3, -0.25) is 14.3 Å². The summed E-state index contributed by atoms with van der Waals surface area (Å²) in [5.74, 6) is -1.01. The van der Waals surface area contributed by atoms with Crippen LogP contribution in [0.1, 0.15) is 86.7 Å². The molecule has 0 atom stereocenters. The molecule has 10 heteroatoms. The number of methoxy groups -OCH3 is 1. The van der Waals surface area contributed by atoms with E-state index in [1.54, 1.807) is 36.4 Å². The van der Waals surface area contributed by atoms with E-state index in [2.05, 4.69) is 10.4 Å². The maximum atomic E-state index is 14.0. The second-order valence-electron chi connectivity index (χ2n) is 9.62. The van der Waals surface area contributed by atoms with E-state index >= 15 is 0 Å². The lowest BCUT2D eigenvalue weighted by molar-refractivity contribution is -0.138. The Hall–Kier alpha value is -3.66. The molecule has 0 saturated heterocycles. The molecule has 0 bridgehead atoms. The molecular formula is C28H31F3N4O3. The molecule has 1 aromatic heterocycles. The van der Waals surface area contributed by atoms with Crippen LogP contribution in [0.2, 0.25) is 0 Å². The van der Waals surface area contributed by atoms with E-state index in [1.807, 2.05) is 0 Å². The van der Waals surface area contributed by atoms with Gasteiger partial charge in [0.2, 0.25) is 5.91 Å². The molecule has 202 valence electrons. The molecule has 1 aliphatic rings. The van der Waals surface area contributed by atoms with Gasteiger partial charge in [-0.25, -0.2) is 0 Å². The number of primary amides is 1. The maximum Gasteiger partial charge on any atom is 0.416 e. The number of carbonyl (C=O) groups excluding carboxylic acids is 2. The Morgan fingerprint density at radius 1 is 1.08 bits per heavy atom. The summed E-state index contributed by atoms with van der Waals surface area (Å²) >= 11 is 0. The van der Waals surface area contributed by atoms with Crippen LogP contribution in [0.3, 0.4) is 0 Å². The fourth-order valence-electron chi connectivity index (χ4n) is 4.94. The van der Waals surface area contributed by atoms with Crippen LogP contribution in [0.25, 0.3) is 0 Å². The van der Waals surface area contributed by atoms with Crippen LogP contribution < -0.4 is 11.1 Å². The molecule has 1 saturated carbocycles. The second kappa shape index (κ2) is 11.8. The molecule has 2 amide bonds. The maximum absolute atomic E-state index is 14.0. The monoisotopic (exact) mass is 528 g/mol. The van der Waals surface area contributed by atoms with Crippen LogP contribution in [0.5, 0.6) is 0 Å². The molecular weight excluding hydrogens is 497 g/mol. The Bertz CT molecular complexity index is 1280. The number of benzene rings is 2. The zero-order chi connectivity index (χ0) is 27.3. The standard InChI is InChI=1S/C28H31F3N4O3/c1-38-17-25-23(27(37)33-14-18-7-10-21(11-8-18)26(32)36)16-35(34-25)15-19-9-12-22(20-5-3-2-4-6-20)24(13-19)28(29,30)31/h7-13,16,20H,2-6,14-15,17H2,1H3,(H2,32,36)(H,33,37). The average molecular weight is 529 g/mol. The highest BCUT2D eigenvalue weighted by Crippen LogP contribution is 2.41. The highest BCUT2D eigenvalue weighted by molar-refractivity contribution is 5.95. The number of rotatable bonds is 9. The number of amides is 2. The fraction of sp³-hybridized carbons (Fsp3) is 0.393. The average Bonchev–Trinajstić information content (AvgIpc) is 3.30. The van der Waals surface area contributed by atoms with Gasteiger partial charge in [0.15, 0.2) is 0 Å².